The molecule has 0 saturated carbocycles. The Morgan fingerprint density at radius 3 is 0.875 bits per heavy atom. The van der Waals surface area contributed by atoms with Crippen LogP contribution in [0.25, 0.3) is 0 Å². The normalized spacial score (nSPS) is 11.9. The first-order valence-corrected chi connectivity index (χ1v) is 24.9. The molecule has 0 aromatic heterocycles. The van der Waals surface area contributed by atoms with Gasteiger partial charge < -0.3 is 14.2 Å². The van der Waals surface area contributed by atoms with Crippen molar-refractivity contribution in [3.05, 3.63) is 0 Å². The Balaban J connectivity index is 4.30. The second kappa shape index (κ2) is 44.5. The number of ether oxygens (including phenoxy) is 3. The summed E-state index contributed by atoms with van der Waals surface area (Å²) in [6, 6.07) is 0. The van der Waals surface area contributed by atoms with Gasteiger partial charge in [0.15, 0.2) is 6.10 Å². The maximum atomic E-state index is 12.7. The zero-order chi connectivity index (χ0) is 41.0. The van der Waals surface area contributed by atoms with E-state index in [0.29, 0.717) is 19.3 Å². The van der Waals surface area contributed by atoms with Crippen LogP contribution in [-0.2, 0) is 28.6 Å². The number of carbonyl (C=O) groups is 3. The molecule has 0 aliphatic rings. The molecule has 0 aliphatic carbocycles. The Kier molecular flexibility index (Phi) is 43.2. The Hall–Kier alpha value is -1.59. The maximum Gasteiger partial charge on any atom is 0.306 e. The standard InChI is InChI=1S/C50H96O6/c1-5-7-9-11-13-15-17-18-19-21-25-29-33-37-41-48(51)54-44-47(56-50(53)43-39-35-31-27-20-16-14-12-10-8-6-2)45-55-49(52)42-38-34-30-26-23-22-24-28-32-36-40-46(3)4/h46-47H,5-45H2,1-4H3/t47-/m0/s1. The summed E-state index contributed by atoms with van der Waals surface area (Å²) >= 11 is 0. The van der Waals surface area contributed by atoms with Crippen LogP contribution in [0, 0.1) is 5.92 Å². The van der Waals surface area contributed by atoms with Crippen LogP contribution in [0.2, 0.25) is 0 Å². The van der Waals surface area contributed by atoms with Crippen LogP contribution in [0.1, 0.15) is 278 Å². The minimum absolute atomic E-state index is 0.0631. The summed E-state index contributed by atoms with van der Waals surface area (Å²) in [5.74, 6) is -0.0295. The second-order valence-corrected chi connectivity index (χ2v) is 17.6. The largest absolute Gasteiger partial charge is 0.462 e. The minimum atomic E-state index is -0.759. The lowest BCUT2D eigenvalue weighted by atomic mass is 10.0. The molecular weight excluding hydrogens is 697 g/mol. The molecule has 0 bridgehead atoms. The van der Waals surface area contributed by atoms with Gasteiger partial charge in [-0.2, -0.15) is 0 Å². The molecule has 0 N–H and O–H groups in total. The number of esters is 3. The van der Waals surface area contributed by atoms with Gasteiger partial charge in [-0.05, 0) is 25.2 Å². The molecule has 0 aromatic rings. The van der Waals surface area contributed by atoms with Gasteiger partial charge in [0.05, 0.1) is 0 Å². The number of rotatable bonds is 45. The van der Waals surface area contributed by atoms with Gasteiger partial charge >= 0.3 is 17.9 Å². The van der Waals surface area contributed by atoms with Gasteiger partial charge in [0.25, 0.3) is 0 Å². The van der Waals surface area contributed by atoms with E-state index in [2.05, 4.69) is 27.7 Å². The lowest BCUT2D eigenvalue weighted by Crippen LogP contribution is -2.30. The molecule has 0 radical (unpaired) electrons. The average Bonchev–Trinajstić information content (AvgIpc) is 3.18. The van der Waals surface area contributed by atoms with E-state index >= 15 is 0 Å². The first kappa shape index (κ1) is 54.4. The summed E-state index contributed by atoms with van der Waals surface area (Å²) in [6.07, 6.45) is 45.1. The molecule has 0 aliphatic heterocycles. The third-order valence-electron chi connectivity index (χ3n) is 11.3. The van der Waals surface area contributed by atoms with Crippen molar-refractivity contribution in [2.75, 3.05) is 13.2 Å². The number of carbonyl (C=O) groups excluding carboxylic acids is 3. The van der Waals surface area contributed by atoms with E-state index in [4.69, 9.17) is 14.2 Å². The highest BCUT2D eigenvalue weighted by Crippen LogP contribution is 2.17. The summed E-state index contributed by atoms with van der Waals surface area (Å²) in [6.45, 7) is 9.00. The number of hydrogen-bond donors (Lipinski definition) is 0. The van der Waals surface area contributed by atoms with E-state index in [9.17, 15) is 14.4 Å². The van der Waals surface area contributed by atoms with Gasteiger partial charge in [-0.25, -0.2) is 0 Å². The predicted molar refractivity (Wildman–Crippen MR) is 238 cm³/mol. The zero-order valence-corrected chi connectivity index (χ0v) is 38.1. The Morgan fingerprint density at radius 2 is 0.589 bits per heavy atom. The number of hydrogen-bond acceptors (Lipinski definition) is 6. The lowest BCUT2D eigenvalue weighted by molar-refractivity contribution is -0.167. The van der Waals surface area contributed by atoms with Crippen molar-refractivity contribution in [2.45, 2.75) is 284 Å². The van der Waals surface area contributed by atoms with Gasteiger partial charge in [0.2, 0.25) is 0 Å². The molecule has 0 spiro atoms. The van der Waals surface area contributed by atoms with E-state index in [1.165, 1.54) is 173 Å². The van der Waals surface area contributed by atoms with E-state index in [1.807, 2.05) is 0 Å². The molecule has 6 heteroatoms. The summed E-state index contributed by atoms with van der Waals surface area (Å²) in [7, 11) is 0. The van der Waals surface area contributed by atoms with Gasteiger partial charge in [-0.3, -0.25) is 14.4 Å². The highest BCUT2D eigenvalue weighted by Gasteiger charge is 2.19. The highest BCUT2D eigenvalue weighted by molar-refractivity contribution is 5.71. The fraction of sp³-hybridized carbons (Fsp3) is 0.940. The lowest BCUT2D eigenvalue weighted by Gasteiger charge is -2.18. The monoisotopic (exact) mass is 793 g/mol. The SMILES string of the molecule is CCCCCCCCCCCCCCCCC(=O)OC[C@@H](COC(=O)CCCCCCCCCCCCC(C)C)OC(=O)CCCCCCCCCCCCC. The van der Waals surface area contributed by atoms with Crippen LogP contribution in [-0.4, -0.2) is 37.2 Å². The number of unbranched alkanes of at least 4 members (excludes halogenated alkanes) is 32. The molecule has 6 nitrogen and oxygen atoms in total. The topological polar surface area (TPSA) is 78.9 Å². The summed E-state index contributed by atoms with van der Waals surface area (Å²) < 4.78 is 16.8. The summed E-state index contributed by atoms with van der Waals surface area (Å²) in [5.41, 5.74) is 0. The third kappa shape index (κ3) is 43.5. The molecule has 0 fully saturated rings. The fourth-order valence-corrected chi connectivity index (χ4v) is 7.51. The Bertz CT molecular complexity index is 841. The fourth-order valence-electron chi connectivity index (χ4n) is 7.51. The third-order valence-corrected chi connectivity index (χ3v) is 11.3. The van der Waals surface area contributed by atoms with Crippen molar-refractivity contribution < 1.29 is 28.6 Å². The van der Waals surface area contributed by atoms with Crippen LogP contribution >= 0.6 is 0 Å². The van der Waals surface area contributed by atoms with Crippen LogP contribution in [0.4, 0.5) is 0 Å². The minimum Gasteiger partial charge on any atom is -0.462 e. The molecule has 0 unspecified atom stereocenters. The second-order valence-electron chi connectivity index (χ2n) is 17.6. The van der Waals surface area contributed by atoms with Gasteiger partial charge in [0, 0.05) is 19.3 Å². The Morgan fingerprint density at radius 1 is 0.339 bits per heavy atom. The summed E-state index contributed by atoms with van der Waals surface area (Å²) in [5, 5.41) is 0. The molecule has 0 heterocycles. The van der Waals surface area contributed by atoms with E-state index in [1.54, 1.807) is 0 Å². The summed E-state index contributed by atoms with van der Waals surface area (Å²) in [4.78, 5) is 37.8. The van der Waals surface area contributed by atoms with Crippen molar-refractivity contribution in [3.63, 3.8) is 0 Å². The molecule has 0 aromatic carbocycles. The molecule has 332 valence electrons. The van der Waals surface area contributed by atoms with E-state index in [-0.39, 0.29) is 31.1 Å². The molecule has 0 amide bonds. The van der Waals surface area contributed by atoms with Gasteiger partial charge in [0.1, 0.15) is 13.2 Å². The first-order chi connectivity index (χ1) is 27.4. The van der Waals surface area contributed by atoms with Crippen molar-refractivity contribution in [2.24, 2.45) is 5.92 Å². The van der Waals surface area contributed by atoms with Crippen molar-refractivity contribution >= 4 is 17.9 Å². The first-order valence-electron chi connectivity index (χ1n) is 24.9. The van der Waals surface area contributed by atoms with E-state index < -0.39 is 6.10 Å². The average molecular weight is 793 g/mol. The molecule has 56 heavy (non-hydrogen) atoms. The Labute approximate surface area is 348 Å². The smallest absolute Gasteiger partial charge is 0.306 e. The van der Waals surface area contributed by atoms with E-state index in [0.717, 1.165) is 63.7 Å². The maximum absolute atomic E-state index is 12.7. The quantitative estimate of drug-likeness (QED) is 0.0347. The molecular formula is C50H96O6. The van der Waals surface area contributed by atoms with Crippen molar-refractivity contribution in [1.29, 1.82) is 0 Å². The van der Waals surface area contributed by atoms with Crippen LogP contribution < -0.4 is 0 Å². The molecule has 0 saturated heterocycles. The van der Waals surface area contributed by atoms with Crippen molar-refractivity contribution in [3.8, 4) is 0 Å². The van der Waals surface area contributed by atoms with Crippen LogP contribution in [0.5, 0.6) is 0 Å². The van der Waals surface area contributed by atoms with Crippen molar-refractivity contribution in [1.82, 2.24) is 0 Å². The molecule has 0 rings (SSSR count). The zero-order valence-electron chi connectivity index (χ0n) is 38.1. The van der Waals surface area contributed by atoms with Crippen LogP contribution in [0.15, 0.2) is 0 Å². The highest BCUT2D eigenvalue weighted by atomic mass is 16.6. The van der Waals surface area contributed by atoms with Gasteiger partial charge in [-0.15, -0.1) is 0 Å². The van der Waals surface area contributed by atoms with Crippen LogP contribution in [0.3, 0.4) is 0 Å². The van der Waals surface area contributed by atoms with Gasteiger partial charge in [-0.1, -0.05) is 240 Å². The predicted octanol–water partition coefficient (Wildman–Crippen LogP) is 15.9. The molecule has 1 atom stereocenters.